The zero-order chi connectivity index (χ0) is 14.3. The maximum Gasteiger partial charge on any atom is 0.349 e. The average molecular weight is 258 g/mol. The molecule has 1 N–H and O–H groups in total. The highest BCUT2D eigenvalue weighted by molar-refractivity contribution is 6.01. The summed E-state index contributed by atoms with van der Waals surface area (Å²) in [5.74, 6) is -0.642. The number of hydrogen-bond donors (Lipinski definition) is 1. The number of amides is 1. The second-order valence-electron chi connectivity index (χ2n) is 3.68. The van der Waals surface area contributed by atoms with E-state index in [1.54, 1.807) is 38.1 Å². The van der Waals surface area contributed by atoms with Crippen LogP contribution in [0, 0.1) is 11.3 Å². The van der Waals surface area contributed by atoms with Crippen LogP contribution in [0.3, 0.4) is 0 Å². The van der Waals surface area contributed by atoms with Gasteiger partial charge in [0.1, 0.15) is 11.6 Å². The van der Waals surface area contributed by atoms with E-state index in [1.807, 2.05) is 6.07 Å². The van der Waals surface area contributed by atoms with E-state index < -0.39 is 5.97 Å². The molecule has 1 rings (SSSR count). The van der Waals surface area contributed by atoms with Gasteiger partial charge in [-0.05, 0) is 37.1 Å². The molecule has 0 saturated heterocycles. The summed E-state index contributed by atoms with van der Waals surface area (Å²) >= 11 is 0. The van der Waals surface area contributed by atoms with Gasteiger partial charge in [0.25, 0.3) is 0 Å². The molecule has 98 valence electrons. The van der Waals surface area contributed by atoms with Crippen LogP contribution in [0.4, 0.5) is 5.69 Å². The first-order chi connectivity index (χ1) is 9.13. The molecule has 0 aliphatic carbocycles. The minimum atomic E-state index is -0.642. The molecule has 0 unspecified atom stereocenters. The Labute approximate surface area is 111 Å². The van der Waals surface area contributed by atoms with Crippen molar-refractivity contribution in [2.45, 2.75) is 13.8 Å². The van der Waals surface area contributed by atoms with Crippen LogP contribution in [-0.4, -0.2) is 19.0 Å². The van der Waals surface area contributed by atoms with Gasteiger partial charge in [-0.1, -0.05) is 12.1 Å². The topological polar surface area (TPSA) is 79.2 Å². The summed E-state index contributed by atoms with van der Waals surface area (Å²) in [5, 5.41) is 11.6. The summed E-state index contributed by atoms with van der Waals surface area (Å²) in [6, 6.07) is 8.72. The molecule has 0 aromatic heterocycles. The van der Waals surface area contributed by atoms with Gasteiger partial charge in [-0.2, -0.15) is 5.26 Å². The molecule has 0 spiro atoms. The third-order valence-corrected chi connectivity index (χ3v) is 2.49. The second kappa shape index (κ2) is 6.97. The molecule has 1 aromatic carbocycles. The van der Waals surface area contributed by atoms with Gasteiger partial charge in [-0.15, -0.1) is 0 Å². The summed E-state index contributed by atoms with van der Waals surface area (Å²) in [6.45, 7) is 3.55. The first kappa shape index (κ1) is 14.5. The number of carbonyl (C=O) groups is 2. The zero-order valence-corrected chi connectivity index (χ0v) is 10.8. The van der Waals surface area contributed by atoms with Crippen molar-refractivity contribution in [3.05, 3.63) is 35.4 Å². The average Bonchev–Trinajstić information content (AvgIpc) is 2.40. The molecule has 0 aliphatic heterocycles. The van der Waals surface area contributed by atoms with E-state index in [0.717, 1.165) is 0 Å². The molecule has 0 atom stereocenters. The van der Waals surface area contributed by atoms with Crippen molar-refractivity contribution < 1.29 is 14.3 Å². The van der Waals surface area contributed by atoms with Crippen LogP contribution in [-0.2, 0) is 14.3 Å². The molecule has 0 aliphatic rings. The second-order valence-corrected chi connectivity index (χ2v) is 3.68. The predicted octanol–water partition coefficient (Wildman–Crippen LogP) is 2.12. The molecule has 0 fully saturated rings. The number of ether oxygens (including phenoxy) is 1. The fourth-order valence-corrected chi connectivity index (χ4v) is 1.54. The number of anilines is 1. The molecule has 19 heavy (non-hydrogen) atoms. The maximum absolute atomic E-state index is 11.6. The predicted molar refractivity (Wildman–Crippen MR) is 71.0 cm³/mol. The lowest BCUT2D eigenvalue weighted by atomic mass is 10.0. The summed E-state index contributed by atoms with van der Waals surface area (Å²) < 4.78 is 4.82. The number of hydrogen-bond acceptors (Lipinski definition) is 4. The summed E-state index contributed by atoms with van der Waals surface area (Å²) in [5.41, 5.74) is 1.74. The summed E-state index contributed by atoms with van der Waals surface area (Å²) in [7, 11) is 0. The first-order valence-corrected chi connectivity index (χ1v) is 5.72. The number of esters is 1. The normalized spacial score (nSPS) is 11.0. The van der Waals surface area contributed by atoms with E-state index in [0.29, 0.717) is 23.2 Å². The number of nitriles is 1. The van der Waals surface area contributed by atoms with Gasteiger partial charge in [-0.3, -0.25) is 4.79 Å². The Bertz CT molecular complexity index is 556. The van der Waals surface area contributed by atoms with Gasteiger partial charge in [0.05, 0.1) is 6.61 Å². The number of nitrogens with zero attached hydrogens (tertiary/aromatic N) is 1. The first-order valence-electron chi connectivity index (χ1n) is 5.72. The van der Waals surface area contributed by atoms with Crippen molar-refractivity contribution >= 4 is 23.6 Å². The molecule has 1 aromatic rings. The fourth-order valence-electron chi connectivity index (χ4n) is 1.54. The SMILES string of the molecule is CCOC(=O)C(C#N)=C(C)c1cccc(NC=O)c1. The van der Waals surface area contributed by atoms with E-state index in [4.69, 9.17) is 10.00 Å². The van der Waals surface area contributed by atoms with Crippen molar-refractivity contribution in [1.29, 1.82) is 5.26 Å². The molecule has 0 radical (unpaired) electrons. The largest absolute Gasteiger partial charge is 0.462 e. The summed E-state index contributed by atoms with van der Waals surface area (Å²) in [6.07, 6.45) is 0.564. The molecule has 0 bridgehead atoms. The Hall–Kier alpha value is -2.61. The zero-order valence-electron chi connectivity index (χ0n) is 10.8. The third-order valence-electron chi connectivity index (χ3n) is 2.49. The van der Waals surface area contributed by atoms with E-state index in [2.05, 4.69) is 5.32 Å². The van der Waals surface area contributed by atoms with E-state index >= 15 is 0 Å². The lowest BCUT2D eigenvalue weighted by Gasteiger charge is -2.07. The van der Waals surface area contributed by atoms with Crippen LogP contribution < -0.4 is 5.32 Å². The van der Waals surface area contributed by atoms with Crippen LogP contribution in [0.1, 0.15) is 19.4 Å². The number of rotatable bonds is 5. The highest BCUT2D eigenvalue weighted by Gasteiger charge is 2.14. The highest BCUT2D eigenvalue weighted by Crippen LogP contribution is 2.21. The van der Waals surface area contributed by atoms with Gasteiger partial charge in [0.15, 0.2) is 0 Å². The quantitative estimate of drug-likeness (QED) is 0.379. The van der Waals surface area contributed by atoms with Crippen LogP contribution >= 0.6 is 0 Å². The Morgan fingerprint density at radius 2 is 2.26 bits per heavy atom. The number of carbonyl (C=O) groups excluding carboxylic acids is 2. The van der Waals surface area contributed by atoms with Gasteiger partial charge >= 0.3 is 5.97 Å². The molecule has 0 saturated carbocycles. The van der Waals surface area contributed by atoms with Crippen molar-refractivity contribution in [3.8, 4) is 6.07 Å². The Balaban J connectivity index is 3.18. The minimum Gasteiger partial charge on any atom is -0.462 e. The minimum absolute atomic E-state index is 0.0369. The van der Waals surface area contributed by atoms with E-state index in [-0.39, 0.29) is 12.2 Å². The molecular weight excluding hydrogens is 244 g/mol. The number of nitrogens with one attached hydrogen (secondary N) is 1. The highest BCUT2D eigenvalue weighted by atomic mass is 16.5. The van der Waals surface area contributed by atoms with Crippen LogP contribution in [0.5, 0.6) is 0 Å². The van der Waals surface area contributed by atoms with E-state index in [9.17, 15) is 9.59 Å². The van der Waals surface area contributed by atoms with Gasteiger partial charge in [0.2, 0.25) is 6.41 Å². The number of allylic oxidation sites excluding steroid dienone is 1. The van der Waals surface area contributed by atoms with Gasteiger partial charge in [-0.25, -0.2) is 4.79 Å². The van der Waals surface area contributed by atoms with Gasteiger partial charge in [0, 0.05) is 5.69 Å². The maximum atomic E-state index is 11.6. The standard InChI is InChI=1S/C14H14N2O3/c1-3-19-14(18)13(8-15)10(2)11-5-4-6-12(7-11)16-9-17/h4-7,9H,3H2,1-2H3,(H,16,17). The van der Waals surface area contributed by atoms with Crippen molar-refractivity contribution in [3.63, 3.8) is 0 Å². The molecule has 0 heterocycles. The van der Waals surface area contributed by atoms with Crippen molar-refractivity contribution in [1.82, 2.24) is 0 Å². The Morgan fingerprint density at radius 1 is 1.53 bits per heavy atom. The third kappa shape index (κ3) is 3.68. The smallest absolute Gasteiger partial charge is 0.349 e. The monoisotopic (exact) mass is 258 g/mol. The van der Waals surface area contributed by atoms with Crippen LogP contribution in [0.2, 0.25) is 0 Å². The molecule has 1 amide bonds. The van der Waals surface area contributed by atoms with Crippen LogP contribution in [0.15, 0.2) is 29.8 Å². The molecule has 5 heteroatoms. The number of benzene rings is 1. The lowest BCUT2D eigenvalue weighted by molar-refractivity contribution is -0.137. The van der Waals surface area contributed by atoms with Crippen molar-refractivity contribution in [2.24, 2.45) is 0 Å². The van der Waals surface area contributed by atoms with Gasteiger partial charge < -0.3 is 10.1 Å². The summed E-state index contributed by atoms with van der Waals surface area (Å²) in [4.78, 5) is 22.0. The fraction of sp³-hybridized carbons (Fsp3) is 0.214. The van der Waals surface area contributed by atoms with Crippen LogP contribution in [0.25, 0.3) is 5.57 Å². The molecule has 5 nitrogen and oxygen atoms in total. The Kier molecular flexibility index (Phi) is 5.30. The molecular formula is C14H14N2O3. The Morgan fingerprint density at radius 3 is 2.84 bits per heavy atom. The van der Waals surface area contributed by atoms with Crippen molar-refractivity contribution in [2.75, 3.05) is 11.9 Å². The lowest BCUT2D eigenvalue weighted by Crippen LogP contribution is -2.08. The van der Waals surface area contributed by atoms with E-state index in [1.165, 1.54) is 0 Å².